The Labute approximate surface area is 114 Å². The number of hydrogen-bond acceptors (Lipinski definition) is 3. The molecule has 0 aromatic heterocycles. The van der Waals surface area contributed by atoms with Crippen LogP contribution in [0.25, 0.3) is 0 Å². The average Bonchev–Trinajstić information content (AvgIpc) is 2.46. The van der Waals surface area contributed by atoms with Gasteiger partial charge >= 0.3 is 7.62 Å². The predicted octanol–water partition coefficient (Wildman–Crippen LogP) is 0.944. The van der Waals surface area contributed by atoms with Crippen molar-refractivity contribution in [3.8, 4) is 0 Å². The Morgan fingerprint density at radius 1 is 1.32 bits per heavy atom. The van der Waals surface area contributed by atoms with Gasteiger partial charge in [0.05, 0.1) is 0 Å². The van der Waals surface area contributed by atoms with Gasteiger partial charge in [-0.15, -0.1) is 0 Å². The third-order valence-corrected chi connectivity index (χ3v) is 4.34. The Hall–Kier alpha value is -1.33. The van der Waals surface area contributed by atoms with Crippen LogP contribution in [0.4, 0.5) is 0 Å². The molecule has 1 spiro atoms. The summed E-state index contributed by atoms with van der Waals surface area (Å²) >= 11 is 0. The second-order valence-corrected chi connectivity index (χ2v) is 5.39. The van der Waals surface area contributed by atoms with Gasteiger partial charge in [-0.25, -0.2) is 0 Å². The molecule has 1 radical (unpaired) electrons. The molecule has 1 aromatic rings. The second kappa shape index (κ2) is 4.98. The van der Waals surface area contributed by atoms with Gasteiger partial charge in [0.25, 0.3) is 5.91 Å². The van der Waals surface area contributed by atoms with Gasteiger partial charge in [-0.05, 0) is 37.6 Å². The molecule has 3 rings (SSSR count). The van der Waals surface area contributed by atoms with Crippen molar-refractivity contribution in [2.24, 2.45) is 0 Å². The monoisotopic (exact) mass is 257 g/mol. The topological polar surface area (TPSA) is 41.6 Å². The van der Waals surface area contributed by atoms with Gasteiger partial charge in [-0.1, -0.05) is 18.2 Å². The molecular weight excluding hydrogens is 239 g/mol. The highest BCUT2D eigenvalue weighted by atomic mass is 16.4. The van der Waals surface area contributed by atoms with E-state index in [0.717, 1.165) is 38.0 Å². The summed E-state index contributed by atoms with van der Waals surface area (Å²) in [5.41, 5.74) is 2.16. The van der Waals surface area contributed by atoms with Crippen molar-refractivity contribution < 1.29 is 9.45 Å². The molecule has 0 aliphatic carbocycles. The first-order valence-electron chi connectivity index (χ1n) is 6.73. The van der Waals surface area contributed by atoms with E-state index in [1.807, 2.05) is 18.2 Å². The van der Waals surface area contributed by atoms with Crippen LogP contribution in [0.1, 0.15) is 28.8 Å². The molecule has 5 heteroatoms. The minimum absolute atomic E-state index is 0.0621. The van der Waals surface area contributed by atoms with E-state index >= 15 is 0 Å². The molecule has 0 unspecified atom stereocenters. The molecule has 2 heterocycles. The molecule has 0 bridgehead atoms. The normalized spacial score (nSPS) is 21.8. The number of amides is 1. The molecular formula is C14H18BN2O2. The number of benzene rings is 1. The van der Waals surface area contributed by atoms with E-state index in [1.165, 1.54) is 5.56 Å². The zero-order valence-electron chi connectivity index (χ0n) is 11.2. The molecule has 2 aliphatic heterocycles. The predicted molar refractivity (Wildman–Crippen MR) is 74.0 cm³/mol. The summed E-state index contributed by atoms with van der Waals surface area (Å²) in [5, 5.41) is 3.05. The smallest absolute Gasteiger partial charge is 0.398 e. The number of piperidine rings is 1. The number of nitrogens with one attached hydrogen (secondary N) is 1. The third kappa shape index (κ3) is 2.17. The highest BCUT2D eigenvalue weighted by molar-refractivity contribution is 6.23. The van der Waals surface area contributed by atoms with E-state index in [1.54, 1.807) is 14.7 Å². The van der Waals surface area contributed by atoms with E-state index < -0.39 is 0 Å². The first-order chi connectivity index (χ1) is 9.25. The SMILES string of the molecule is CO[B]N1CCC2(CC1)CNC(=O)c1ccccc12. The van der Waals surface area contributed by atoms with Crippen molar-refractivity contribution in [3.63, 3.8) is 0 Å². The van der Waals surface area contributed by atoms with Crippen molar-refractivity contribution in [3.05, 3.63) is 35.4 Å². The van der Waals surface area contributed by atoms with Gasteiger partial charge in [0, 0.05) is 24.6 Å². The highest BCUT2D eigenvalue weighted by Crippen LogP contribution is 2.38. The van der Waals surface area contributed by atoms with E-state index in [2.05, 4.69) is 16.2 Å². The van der Waals surface area contributed by atoms with Crippen LogP contribution in [-0.4, -0.2) is 45.1 Å². The summed E-state index contributed by atoms with van der Waals surface area (Å²) in [6.07, 6.45) is 2.09. The summed E-state index contributed by atoms with van der Waals surface area (Å²) in [6.45, 7) is 2.69. The Balaban J connectivity index is 1.87. The largest absolute Gasteiger partial charge is 0.427 e. The van der Waals surface area contributed by atoms with E-state index in [-0.39, 0.29) is 11.3 Å². The van der Waals surface area contributed by atoms with Gasteiger partial charge in [0.1, 0.15) is 0 Å². The standard InChI is InChI=1S/C14H18BN2O2/c1-19-15-17-8-6-14(7-9-17)10-16-13(18)11-4-2-3-5-12(11)14/h2-5H,6-10H2,1H3,(H,16,18). The van der Waals surface area contributed by atoms with Gasteiger partial charge in [-0.3, -0.25) is 4.79 Å². The zero-order chi connectivity index (χ0) is 13.3. The van der Waals surface area contributed by atoms with Crippen molar-refractivity contribution in [1.82, 2.24) is 10.1 Å². The minimum Gasteiger partial charge on any atom is -0.427 e. The molecule has 1 aromatic carbocycles. The van der Waals surface area contributed by atoms with E-state index in [9.17, 15) is 4.79 Å². The van der Waals surface area contributed by atoms with E-state index in [0.29, 0.717) is 0 Å². The van der Waals surface area contributed by atoms with Gasteiger partial charge in [0.15, 0.2) is 0 Å². The lowest BCUT2D eigenvalue weighted by Gasteiger charge is -2.44. The quantitative estimate of drug-likeness (QED) is 0.802. The van der Waals surface area contributed by atoms with Crippen LogP contribution in [0.3, 0.4) is 0 Å². The molecule has 2 aliphatic rings. The van der Waals surface area contributed by atoms with Crippen LogP contribution in [0.15, 0.2) is 24.3 Å². The van der Waals surface area contributed by atoms with Crippen molar-refractivity contribution >= 4 is 13.5 Å². The van der Waals surface area contributed by atoms with Crippen molar-refractivity contribution in [2.75, 3.05) is 26.7 Å². The lowest BCUT2D eigenvalue weighted by atomic mass is 9.68. The zero-order valence-corrected chi connectivity index (χ0v) is 11.2. The Bertz CT molecular complexity index is 484. The van der Waals surface area contributed by atoms with Crippen LogP contribution in [0, 0.1) is 0 Å². The summed E-state index contributed by atoms with van der Waals surface area (Å²) in [7, 11) is 3.47. The lowest BCUT2D eigenvalue weighted by Crippen LogP contribution is -2.53. The second-order valence-electron chi connectivity index (χ2n) is 5.39. The Kier molecular flexibility index (Phi) is 3.33. The number of rotatable bonds is 2. The van der Waals surface area contributed by atoms with Crippen LogP contribution in [0.5, 0.6) is 0 Å². The third-order valence-electron chi connectivity index (χ3n) is 4.34. The van der Waals surface area contributed by atoms with Crippen molar-refractivity contribution in [1.29, 1.82) is 0 Å². The fraction of sp³-hybridized carbons (Fsp3) is 0.500. The lowest BCUT2D eigenvalue weighted by molar-refractivity contribution is 0.0903. The average molecular weight is 257 g/mol. The summed E-state index contributed by atoms with van der Waals surface area (Å²) in [4.78, 5) is 14.1. The number of fused-ring (bicyclic) bond motifs is 2. The first kappa shape index (κ1) is 12.7. The molecule has 0 atom stereocenters. The Morgan fingerprint density at radius 2 is 2.05 bits per heavy atom. The fourth-order valence-electron chi connectivity index (χ4n) is 3.24. The molecule has 0 saturated carbocycles. The molecule has 1 N–H and O–H groups in total. The number of carbonyl (C=O) groups excluding carboxylic acids is 1. The maximum atomic E-state index is 11.9. The number of carbonyl (C=O) groups is 1. The summed E-state index contributed by atoms with van der Waals surface area (Å²) in [5.74, 6) is 0.0621. The fourth-order valence-corrected chi connectivity index (χ4v) is 3.24. The molecule has 1 amide bonds. The van der Waals surface area contributed by atoms with Crippen molar-refractivity contribution in [2.45, 2.75) is 18.3 Å². The van der Waals surface area contributed by atoms with Crippen LogP contribution in [-0.2, 0) is 10.1 Å². The number of nitrogens with zero attached hydrogens (tertiary/aromatic N) is 1. The molecule has 1 saturated heterocycles. The summed E-state index contributed by atoms with van der Waals surface area (Å²) < 4.78 is 5.07. The van der Waals surface area contributed by atoms with Crippen LogP contribution < -0.4 is 5.32 Å². The van der Waals surface area contributed by atoms with Crippen LogP contribution in [0.2, 0.25) is 0 Å². The molecule has 19 heavy (non-hydrogen) atoms. The van der Waals surface area contributed by atoms with Gasteiger partial charge in [0.2, 0.25) is 0 Å². The minimum atomic E-state index is 0.0621. The number of hydrogen-bond donors (Lipinski definition) is 1. The Morgan fingerprint density at radius 3 is 2.79 bits per heavy atom. The maximum absolute atomic E-state index is 11.9. The van der Waals surface area contributed by atoms with E-state index in [4.69, 9.17) is 4.65 Å². The molecule has 99 valence electrons. The van der Waals surface area contributed by atoms with Crippen LogP contribution >= 0.6 is 0 Å². The van der Waals surface area contributed by atoms with Gasteiger partial charge in [-0.2, -0.15) is 0 Å². The highest BCUT2D eigenvalue weighted by Gasteiger charge is 2.41. The first-order valence-corrected chi connectivity index (χ1v) is 6.73. The van der Waals surface area contributed by atoms with Gasteiger partial charge < -0.3 is 14.8 Å². The molecule has 1 fully saturated rings. The summed E-state index contributed by atoms with van der Waals surface area (Å²) in [6, 6.07) is 8.01. The maximum Gasteiger partial charge on any atom is 0.398 e. The molecule has 4 nitrogen and oxygen atoms in total.